The van der Waals surface area contributed by atoms with Crippen molar-refractivity contribution in [1.82, 2.24) is 10.6 Å². The average molecular weight is 312 g/mol. The van der Waals surface area contributed by atoms with Crippen molar-refractivity contribution in [2.24, 2.45) is 5.92 Å². The van der Waals surface area contributed by atoms with Gasteiger partial charge in [-0.2, -0.15) is 0 Å². The Labute approximate surface area is 139 Å². The van der Waals surface area contributed by atoms with Gasteiger partial charge in [0.2, 0.25) is 0 Å². The van der Waals surface area contributed by atoms with Gasteiger partial charge in [-0.05, 0) is 49.5 Å². The SMILES string of the molecule is O=C(NC1CCNC1)C1=C/C=C\C(C2CCCCCC2)=C/C=C\1. The molecule has 0 spiro atoms. The van der Waals surface area contributed by atoms with Crippen LogP contribution in [0.4, 0.5) is 0 Å². The Kier molecular flexibility index (Phi) is 5.87. The molecule has 1 aliphatic heterocycles. The number of rotatable bonds is 3. The summed E-state index contributed by atoms with van der Waals surface area (Å²) in [4.78, 5) is 12.3. The molecule has 1 atom stereocenters. The number of allylic oxidation sites excluding steroid dienone is 6. The quantitative estimate of drug-likeness (QED) is 0.784. The van der Waals surface area contributed by atoms with E-state index in [-0.39, 0.29) is 11.9 Å². The molecule has 1 saturated heterocycles. The number of carbonyl (C=O) groups is 1. The van der Waals surface area contributed by atoms with Crippen LogP contribution in [0.15, 0.2) is 47.6 Å². The Bertz CT molecular complexity index is 528. The van der Waals surface area contributed by atoms with Crippen molar-refractivity contribution in [3.63, 3.8) is 0 Å². The van der Waals surface area contributed by atoms with Gasteiger partial charge in [-0.1, -0.05) is 50.0 Å². The summed E-state index contributed by atoms with van der Waals surface area (Å²) in [6.45, 7) is 1.87. The minimum atomic E-state index is 0.0333. The fraction of sp³-hybridized carbons (Fsp3) is 0.550. The Morgan fingerprint density at radius 3 is 2.52 bits per heavy atom. The zero-order chi connectivity index (χ0) is 15.9. The van der Waals surface area contributed by atoms with Crippen LogP contribution < -0.4 is 10.6 Å². The molecule has 3 nitrogen and oxygen atoms in total. The summed E-state index contributed by atoms with van der Waals surface area (Å²) in [7, 11) is 0. The van der Waals surface area contributed by atoms with Crippen molar-refractivity contribution in [2.45, 2.75) is 51.0 Å². The first-order valence-electron chi connectivity index (χ1n) is 9.11. The Morgan fingerprint density at radius 1 is 1.00 bits per heavy atom. The number of nitrogens with one attached hydrogen (secondary N) is 2. The van der Waals surface area contributed by atoms with E-state index in [1.165, 1.54) is 44.1 Å². The number of amides is 1. The fourth-order valence-corrected chi connectivity index (χ4v) is 3.72. The van der Waals surface area contributed by atoms with Crippen molar-refractivity contribution < 1.29 is 4.79 Å². The van der Waals surface area contributed by atoms with Crippen LogP contribution in [-0.2, 0) is 4.79 Å². The van der Waals surface area contributed by atoms with Gasteiger partial charge < -0.3 is 10.6 Å². The first kappa shape index (κ1) is 16.3. The van der Waals surface area contributed by atoms with Crippen molar-refractivity contribution in [2.75, 3.05) is 13.1 Å². The van der Waals surface area contributed by atoms with Crippen molar-refractivity contribution in [3.8, 4) is 0 Å². The van der Waals surface area contributed by atoms with Crippen LogP contribution in [0.2, 0.25) is 0 Å². The maximum absolute atomic E-state index is 12.3. The van der Waals surface area contributed by atoms with E-state index in [9.17, 15) is 4.79 Å². The zero-order valence-electron chi connectivity index (χ0n) is 13.9. The smallest absolute Gasteiger partial charge is 0.251 e. The number of carbonyl (C=O) groups excluding carboxylic acids is 1. The van der Waals surface area contributed by atoms with Gasteiger partial charge in [-0.15, -0.1) is 0 Å². The van der Waals surface area contributed by atoms with Gasteiger partial charge >= 0.3 is 0 Å². The topological polar surface area (TPSA) is 41.1 Å². The van der Waals surface area contributed by atoms with E-state index >= 15 is 0 Å². The third-order valence-electron chi connectivity index (χ3n) is 5.11. The lowest BCUT2D eigenvalue weighted by atomic mass is 9.90. The summed E-state index contributed by atoms with van der Waals surface area (Å²) in [5.41, 5.74) is 2.16. The van der Waals surface area contributed by atoms with Gasteiger partial charge in [-0.3, -0.25) is 4.79 Å². The summed E-state index contributed by atoms with van der Waals surface area (Å²) in [6.07, 6.45) is 21.4. The summed E-state index contributed by atoms with van der Waals surface area (Å²) in [5, 5.41) is 6.38. The highest BCUT2D eigenvalue weighted by Crippen LogP contribution is 2.30. The van der Waals surface area contributed by atoms with Crippen molar-refractivity contribution in [1.29, 1.82) is 0 Å². The standard InChI is InChI=1S/C20H28N2O/c23-20(22-19-13-14-21-15-19)18-11-5-9-17(10-6-12-18)16-7-3-1-2-4-8-16/h5-6,9-12,16,19,21H,1-4,7-8,13-15H2,(H,22,23)/b9-5-,10-6?,11-5?,12-6-,17-9?,17-10+,18-11+,18-12?. The van der Waals surface area contributed by atoms with Gasteiger partial charge in [0.1, 0.15) is 0 Å². The monoisotopic (exact) mass is 312 g/mol. The van der Waals surface area contributed by atoms with Crippen LogP contribution in [0.5, 0.6) is 0 Å². The highest BCUT2D eigenvalue weighted by molar-refractivity contribution is 5.96. The van der Waals surface area contributed by atoms with Gasteiger partial charge in [0.15, 0.2) is 0 Å². The van der Waals surface area contributed by atoms with Crippen LogP contribution >= 0.6 is 0 Å². The second-order valence-corrected chi connectivity index (χ2v) is 6.86. The molecule has 2 N–H and O–H groups in total. The second-order valence-electron chi connectivity index (χ2n) is 6.86. The maximum Gasteiger partial charge on any atom is 0.251 e. The van der Waals surface area contributed by atoms with E-state index in [2.05, 4.69) is 22.8 Å². The number of hydrogen-bond donors (Lipinski definition) is 2. The molecule has 1 saturated carbocycles. The largest absolute Gasteiger partial charge is 0.348 e. The summed E-state index contributed by atoms with van der Waals surface area (Å²) in [6, 6.07) is 0.267. The third kappa shape index (κ3) is 4.68. The molecule has 0 aromatic carbocycles. The van der Waals surface area contributed by atoms with E-state index in [4.69, 9.17) is 0 Å². The van der Waals surface area contributed by atoms with Crippen molar-refractivity contribution >= 4 is 5.91 Å². The molecular weight excluding hydrogens is 284 g/mol. The minimum absolute atomic E-state index is 0.0333. The molecule has 1 heterocycles. The molecular formula is C20H28N2O. The van der Waals surface area contributed by atoms with E-state index in [1.807, 2.05) is 24.3 Å². The Balaban J connectivity index is 1.61. The molecule has 1 amide bonds. The number of hydrogen-bond acceptors (Lipinski definition) is 2. The molecule has 3 heteroatoms. The minimum Gasteiger partial charge on any atom is -0.348 e. The predicted octanol–water partition coefficient (Wildman–Crippen LogP) is 3.41. The Hall–Kier alpha value is -1.61. The molecule has 124 valence electrons. The summed E-state index contributed by atoms with van der Waals surface area (Å²) >= 11 is 0. The average Bonchev–Trinajstić information content (AvgIpc) is 2.87. The molecule has 3 aliphatic rings. The lowest BCUT2D eigenvalue weighted by Crippen LogP contribution is -2.36. The van der Waals surface area contributed by atoms with E-state index < -0.39 is 0 Å². The van der Waals surface area contributed by atoms with Crippen LogP contribution in [0.3, 0.4) is 0 Å². The van der Waals surface area contributed by atoms with Crippen LogP contribution in [-0.4, -0.2) is 25.0 Å². The highest BCUT2D eigenvalue weighted by Gasteiger charge is 2.18. The van der Waals surface area contributed by atoms with Crippen LogP contribution in [0, 0.1) is 5.92 Å². The van der Waals surface area contributed by atoms with Crippen LogP contribution in [0.25, 0.3) is 0 Å². The zero-order valence-corrected chi connectivity index (χ0v) is 13.9. The van der Waals surface area contributed by atoms with Crippen molar-refractivity contribution in [3.05, 3.63) is 47.6 Å². The normalized spacial score (nSPS) is 33.3. The van der Waals surface area contributed by atoms with E-state index in [0.717, 1.165) is 25.1 Å². The van der Waals surface area contributed by atoms with Crippen LogP contribution in [0.1, 0.15) is 44.9 Å². The van der Waals surface area contributed by atoms with Gasteiger partial charge in [-0.25, -0.2) is 0 Å². The maximum atomic E-state index is 12.3. The molecule has 23 heavy (non-hydrogen) atoms. The summed E-state index contributed by atoms with van der Waals surface area (Å²) < 4.78 is 0. The first-order valence-corrected chi connectivity index (χ1v) is 9.11. The lowest BCUT2D eigenvalue weighted by Gasteiger charge is -2.16. The lowest BCUT2D eigenvalue weighted by molar-refractivity contribution is -0.117. The Morgan fingerprint density at radius 2 is 1.78 bits per heavy atom. The van der Waals surface area contributed by atoms with Gasteiger partial charge in [0.25, 0.3) is 5.91 Å². The molecule has 2 fully saturated rings. The predicted molar refractivity (Wildman–Crippen MR) is 95.1 cm³/mol. The van der Waals surface area contributed by atoms with E-state index in [1.54, 1.807) is 0 Å². The molecule has 2 aliphatic carbocycles. The van der Waals surface area contributed by atoms with Gasteiger partial charge in [0.05, 0.1) is 0 Å². The highest BCUT2D eigenvalue weighted by atomic mass is 16.1. The molecule has 0 bridgehead atoms. The molecule has 3 rings (SSSR count). The second kappa shape index (κ2) is 8.30. The first-order chi connectivity index (χ1) is 11.3. The molecule has 1 unspecified atom stereocenters. The molecule has 0 aromatic heterocycles. The third-order valence-corrected chi connectivity index (χ3v) is 5.11. The molecule has 0 aromatic rings. The van der Waals surface area contributed by atoms with Gasteiger partial charge in [0, 0.05) is 18.2 Å². The summed E-state index contributed by atoms with van der Waals surface area (Å²) in [5.74, 6) is 0.720. The fourth-order valence-electron chi connectivity index (χ4n) is 3.72. The van der Waals surface area contributed by atoms with E-state index in [0.29, 0.717) is 5.92 Å². The molecule has 0 radical (unpaired) electrons.